The Bertz CT molecular complexity index is 1260. The van der Waals surface area contributed by atoms with E-state index in [-0.39, 0.29) is 23.7 Å². The standard InChI is InChI=1S/C30H39BrN4O3/c1-6-37-28(36)17-21(25-18-22(30(2,3)4)10-12-26(25)31)16-24-19-27(35(5)34-24)38-15-13-23-11-9-20-8-7-14-32-29(20)33-23/h9-12,18-19,21H,6-8,13-17H2,1-5H3,(H,32,33). The van der Waals surface area contributed by atoms with Gasteiger partial charge in [0.1, 0.15) is 5.82 Å². The molecule has 0 bridgehead atoms. The number of fused-ring (bicyclic) bond motifs is 1. The zero-order valence-electron chi connectivity index (χ0n) is 23.1. The minimum atomic E-state index is -0.204. The Kier molecular flexibility index (Phi) is 9.13. The lowest BCUT2D eigenvalue weighted by atomic mass is 9.83. The molecule has 0 amide bonds. The molecule has 4 rings (SSSR count). The monoisotopic (exact) mass is 582 g/mol. The fraction of sp³-hybridized carbons (Fsp3) is 0.500. The summed E-state index contributed by atoms with van der Waals surface area (Å²) in [5.74, 6) is 1.42. The van der Waals surface area contributed by atoms with E-state index in [9.17, 15) is 4.79 Å². The van der Waals surface area contributed by atoms with Crippen LogP contribution in [-0.2, 0) is 41.3 Å². The number of pyridine rings is 1. The van der Waals surface area contributed by atoms with E-state index in [1.54, 1.807) is 4.68 Å². The van der Waals surface area contributed by atoms with Gasteiger partial charge in [0.25, 0.3) is 0 Å². The first-order valence-electron chi connectivity index (χ1n) is 13.5. The van der Waals surface area contributed by atoms with E-state index < -0.39 is 0 Å². The average molecular weight is 584 g/mol. The second kappa shape index (κ2) is 12.3. The lowest BCUT2D eigenvalue weighted by molar-refractivity contribution is -0.143. The maximum Gasteiger partial charge on any atom is 0.306 e. The van der Waals surface area contributed by atoms with E-state index in [4.69, 9.17) is 19.6 Å². The Morgan fingerprint density at radius 2 is 2.00 bits per heavy atom. The third-order valence-electron chi connectivity index (χ3n) is 6.92. The molecule has 1 aliphatic heterocycles. The van der Waals surface area contributed by atoms with Gasteiger partial charge in [-0.25, -0.2) is 9.67 Å². The molecule has 1 N–H and O–H groups in total. The molecule has 3 heterocycles. The fourth-order valence-electron chi connectivity index (χ4n) is 4.80. The van der Waals surface area contributed by atoms with Crippen molar-refractivity contribution in [3.8, 4) is 5.88 Å². The van der Waals surface area contributed by atoms with Crippen LogP contribution in [0.25, 0.3) is 0 Å². The number of halogens is 1. The molecule has 1 unspecified atom stereocenters. The fourth-order valence-corrected chi connectivity index (χ4v) is 5.37. The number of anilines is 1. The smallest absolute Gasteiger partial charge is 0.306 e. The number of aromatic nitrogens is 3. The quantitative estimate of drug-likeness (QED) is 0.289. The predicted octanol–water partition coefficient (Wildman–Crippen LogP) is 6.13. The predicted molar refractivity (Wildman–Crippen MR) is 154 cm³/mol. The van der Waals surface area contributed by atoms with Crippen LogP contribution in [0, 0.1) is 0 Å². The van der Waals surface area contributed by atoms with Crippen LogP contribution in [0.3, 0.4) is 0 Å². The summed E-state index contributed by atoms with van der Waals surface area (Å²) >= 11 is 3.73. The van der Waals surface area contributed by atoms with Crippen LogP contribution in [0.4, 0.5) is 5.82 Å². The molecular weight excluding hydrogens is 544 g/mol. The number of rotatable bonds is 10. The molecule has 1 aliphatic rings. The number of carbonyl (C=O) groups excluding carboxylic acids is 1. The van der Waals surface area contributed by atoms with Crippen molar-refractivity contribution in [3.63, 3.8) is 0 Å². The van der Waals surface area contributed by atoms with Crippen LogP contribution < -0.4 is 10.1 Å². The normalized spacial score (nSPS) is 13.9. The van der Waals surface area contributed by atoms with E-state index in [0.717, 1.165) is 46.6 Å². The van der Waals surface area contributed by atoms with Gasteiger partial charge in [0.2, 0.25) is 5.88 Å². The summed E-state index contributed by atoms with van der Waals surface area (Å²) in [6, 6.07) is 12.6. The van der Waals surface area contributed by atoms with Crippen LogP contribution >= 0.6 is 15.9 Å². The van der Waals surface area contributed by atoms with Crippen molar-refractivity contribution in [1.82, 2.24) is 14.8 Å². The van der Waals surface area contributed by atoms with Gasteiger partial charge in [-0.1, -0.05) is 54.9 Å². The highest BCUT2D eigenvalue weighted by atomic mass is 79.9. The van der Waals surface area contributed by atoms with Gasteiger partial charge in [0, 0.05) is 42.2 Å². The van der Waals surface area contributed by atoms with Crippen LogP contribution in [-0.4, -0.2) is 40.5 Å². The second-order valence-electron chi connectivity index (χ2n) is 10.9. The zero-order chi connectivity index (χ0) is 27.3. The van der Waals surface area contributed by atoms with Gasteiger partial charge in [-0.3, -0.25) is 4.79 Å². The summed E-state index contributed by atoms with van der Waals surface area (Å²) in [5, 5.41) is 8.10. The molecule has 1 aromatic carbocycles. The number of aryl methyl sites for hydroxylation is 2. The number of nitrogens with one attached hydrogen (secondary N) is 1. The highest BCUT2D eigenvalue weighted by molar-refractivity contribution is 9.10. The first-order valence-corrected chi connectivity index (χ1v) is 14.3. The topological polar surface area (TPSA) is 78.3 Å². The number of ether oxygens (including phenoxy) is 2. The van der Waals surface area contributed by atoms with Crippen molar-refractivity contribution >= 4 is 27.7 Å². The summed E-state index contributed by atoms with van der Waals surface area (Å²) in [6.45, 7) is 10.3. The number of esters is 1. The van der Waals surface area contributed by atoms with Crippen molar-refractivity contribution in [3.05, 3.63) is 68.9 Å². The van der Waals surface area contributed by atoms with E-state index in [1.165, 1.54) is 11.1 Å². The maximum atomic E-state index is 12.5. The van der Waals surface area contributed by atoms with Gasteiger partial charge in [0.15, 0.2) is 0 Å². The molecule has 2 aromatic heterocycles. The third kappa shape index (κ3) is 7.16. The minimum absolute atomic E-state index is 0.00108. The molecule has 0 saturated carbocycles. The highest BCUT2D eigenvalue weighted by Gasteiger charge is 2.24. The van der Waals surface area contributed by atoms with Crippen LogP contribution in [0.2, 0.25) is 0 Å². The van der Waals surface area contributed by atoms with Crippen molar-refractivity contribution in [2.24, 2.45) is 7.05 Å². The van der Waals surface area contributed by atoms with Crippen molar-refractivity contribution in [2.45, 2.75) is 71.1 Å². The number of nitrogens with zero attached hydrogens (tertiary/aromatic N) is 3. The Morgan fingerprint density at radius 3 is 2.76 bits per heavy atom. The van der Waals surface area contributed by atoms with E-state index in [2.05, 4.69) is 72.3 Å². The van der Waals surface area contributed by atoms with Crippen LogP contribution in [0.5, 0.6) is 5.88 Å². The molecule has 8 heteroatoms. The molecule has 3 aromatic rings. The molecule has 0 spiro atoms. The summed E-state index contributed by atoms with van der Waals surface area (Å²) in [5.41, 5.74) is 5.49. The average Bonchev–Trinajstić information content (AvgIpc) is 3.22. The lowest BCUT2D eigenvalue weighted by Gasteiger charge is -2.23. The molecule has 0 aliphatic carbocycles. The van der Waals surface area contributed by atoms with Gasteiger partial charge < -0.3 is 14.8 Å². The molecular formula is C30H39BrN4O3. The molecule has 7 nitrogen and oxygen atoms in total. The van der Waals surface area contributed by atoms with Gasteiger partial charge >= 0.3 is 5.97 Å². The van der Waals surface area contributed by atoms with E-state index >= 15 is 0 Å². The van der Waals surface area contributed by atoms with Gasteiger partial charge in [-0.05, 0) is 60.4 Å². The minimum Gasteiger partial charge on any atom is -0.477 e. The molecule has 0 fully saturated rings. The highest BCUT2D eigenvalue weighted by Crippen LogP contribution is 2.35. The third-order valence-corrected chi connectivity index (χ3v) is 7.65. The second-order valence-corrected chi connectivity index (χ2v) is 11.8. The molecule has 0 saturated heterocycles. The molecule has 1 atom stereocenters. The Hall–Kier alpha value is -2.87. The summed E-state index contributed by atoms with van der Waals surface area (Å²) in [4.78, 5) is 17.3. The number of carbonyl (C=O) groups is 1. The largest absolute Gasteiger partial charge is 0.477 e. The number of hydrogen-bond donors (Lipinski definition) is 1. The maximum absolute atomic E-state index is 12.5. The SMILES string of the molecule is CCOC(=O)CC(Cc1cc(OCCc2ccc3c(n2)NCCC3)n(C)n1)c1cc(C(C)(C)C)ccc1Br. The Balaban J connectivity index is 1.47. The van der Waals surface area contributed by atoms with Crippen LogP contribution in [0.1, 0.15) is 74.5 Å². The van der Waals surface area contributed by atoms with Crippen molar-refractivity contribution in [1.29, 1.82) is 0 Å². The lowest BCUT2D eigenvalue weighted by Crippen LogP contribution is -2.16. The number of benzene rings is 1. The zero-order valence-corrected chi connectivity index (χ0v) is 24.7. The van der Waals surface area contributed by atoms with Gasteiger partial charge in [0.05, 0.1) is 25.3 Å². The van der Waals surface area contributed by atoms with Crippen LogP contribution in [0.15, 0.2) is 40.9 Å². The van der Waals surface area contributed by atoms with Crippen molar-refractivity contribution in [2.75, 3.05) is 25.1 Å². The molecule has 38 heavy (non-hydrogen) atoms. The van der Waals surface area contributed by atoms with E-state index in [0.29, 0.717) is 31.9 Å². The Labute approximate surface area is 234 Å². The first-order chi connectivity index (χ1) is 18.1. The van der Waals surface area contributed by atoms with Crippen molar-refractivity contribution < 1.29 is 14.3 Å². The summed E-state index contributed by atoms with van der Waals surface area (Å²) < 4.78 is 14.2. The van der Waals surface area contributed by atoms with E-state index in [1.807, 2.05) is 20.0 Å². The molecule has 204 valence electrons. The number of hydrogen-bond acceptors (Lipinski definition) is 6. The first kappa shape index (κ1) is 28.1. The Morgan fingerprint density at radius 1 is 1.18 bits per heavy atom. The van der Waals surface area contributed by atoms with Gasteiger partial charge in [-0.2, -0.15) is 5.10 Å². The molecule has 0 radical (unpaired) electrons. The van der Waals surface area contributed by atoms with Gasteiger partial charge in [-0.15, -0.1) is 0 Å². The summed E-state index contributed by atoms with van der Waals surface area (Å²) in [6.07, 6.45) is 3.83. The summed E-state index contributed by atoms with van der Waals surface area (Å²) in [7, 11) is 1.89.